The Labute approximate surface area is 177 Å². The summed E-state index contributed by atoms with van der Waals surface area (Å²) in [5.74, 6) is 1.84. The number of fused-ring (bicyclic) bond motifs is 1. The summed E-state index contributed by atoms with van der Waals surface area (Å²) < 4.78 is 5.47. The molecule has 7 nitrogen and oxygen atoms in total. The van der Waals surface area contributed by atoms with E-state index < -0.39 is 0 Å². The van der Waals surface area contributed by atoms with Gasteiger partial charge in [-0.2, -0.15) is 0 Å². The molecule has 3 aromatic rings. The van der Waals surface area contributed by atoms with Gasteiger partial charge < -0.3 is 25.3 Å². The molecular weight excluding hydrogens is 376 g/mol. The Hall–Kier alpha value is -3.06. The maximum Gasteiger partial charge on any atom is 0.191 e. The highest BCUT2D eigenvalue weighted by Crippen LogP contribution is 2.19. The van der Waals surface area contributed by atoms with Crippen molar-refractivity contribution >= 4 is 22.7 Å². The van der Waals surface area contributed by atoms with Gasteiger partial charge in [-0.05, 0) is 31.0 Å². The van der Waals surface area contributed by atoms with E-state index in [1.807, 2.05) is 12.3 Å². The van der Waals surface area contributed by atoms with E-state index in [0.29, 0.717) is 6.54 Å². The second kappa shape index (κ2) is 10.1. The van der Waals surface area contributed by atoms with Gasteiger partial charge in [0.1, 0.15) is 5.82 Å². The molecule has 3 heterocycles. The summed E-state index contributed by atoms with van der Waals surface area (Å²) in [5.41, 5.74) is 3.63. The van der Waals surface area contributed by atoms with Gasteiger partial charge in [-0.25, -0.2) is 9.98 Å². The molecule has 1 fully saturated rings. The lowest BCUT2D eigenvalue weighted by Gasteiger charge is -2.29. The first-order valence-corrected chi connectivity index (χ1v) is 10.7. The van der Waals surface area contributed by atoms with Crippen LogP contribution in [-0.2, 0) is 17.7 Å². The molecule has 0 atom stereocenters. The highest BCUT2D eigenvalue weighted by molar-refractivity contribution is 5.83. The van der Waals surface area contributed by atoms with E-state index in [-0.39, 0.29) is 0 Å². The number of nitrogens with zero attached hydrogens (tertiary/aromatic N) is 3. The largest absolute Gasteiger partial charge is 0.378 e. The number of benzene rings is 1. The zero-order valence-electron chi connectivity index (χ0n) is 17.5. The normalized spacial score (nSPS) is 14.8. The van der Waals surface area contributed by atoms with Crippen LogP contribution in [0.3, 0.4) is 0 Å². The number of hydrogen-bond acceptors (Lipinski definition) is 4. The van der Waals surface area contributed by atoms with Gasteiger partial charge in [0.05, 0.1) is 19.8 Å². The SMILES string of the molecule is CCNC(=NCc1cccnc1N1CCOCC1)NCCc1c[nH]c2ccccc12. The molecule has 1 saturated heterocycles. The van der Waals surface area contributed by atoms with Crippen LogP contribution in [0.25, 0.3) is 10.9 Å². The van der Waals surface area contributed by atoms with E-state index in [1.54, 1.807) is 0 Å². The Bertz CT molecular complexity index is 976. The molecule has 1 aliphatic heterocycles. The number of morpholine rings is 1. The van der Waals surface area contributed by atoms with Crippen LogP contribution >= 0.6 is 0 Å². The first-order valence-electron chi connectivity index (χ1n) is 10.7. The van der Waals surface area contributed by atoms with Gasteiger partial charge >= 0.3 is 0 Å². The number of aromatic amines is 1. The molecule has 0 aliphatic carbocycles. The number of guanidine groups is 1. The molecule has 158 valence electrons. The number of pyridine rings is 1. The molecule has 0 bridgehead atoms. The molecule has 0 saturated carbocycles. The van der Waals surface area contributed by atoms with Crippen LogP contribution in [-0.4, -0.2) is 55.3 Å². The van der Waals surface area contributed by atoms with E-state index in [0.717, 1.165) is 63.2 Å². The van der Waals surface area contributed by atoms with Gasteiger partial charge in [-0.3, -0.25) is 0 Å². The molecule has 0 radical (unpaired) electrons. The summed E-state index contributed by atoms with van der Waals surface area (Å²) in [5, 5.41) is 8.09. The molecule has 1 aromatic carbocycles. The number of nitrogens with one attached hydrogen (secondary N) is 3. The zero-order chi connectivity index (χ0) is 20.6. The molecule has 0 unspecified atom stereocenters. The summed E-state index contributed by atoms with van der Waals surface area (Å²) in [6.07, 6.45) is 4.88. The van der Waals surface area contributed by atoms with Gasteiger partial charge in [0.25, 0.3) is 0 Å². The van der Waals surface area contributed by atoms with Crippen LogP contribution in [0.1, 0.15) is 18.1 Å². The molecule has 0 spiro atoms. The Kier molecular flexibility index (Phi) is 6.82. The maximum atomic E-state index is 5.47. The average molecular weight is 407 g/mol. The smallest absolute Gasteiger partial charge is 0.191 e. The fourth-order valence-electron chi connectivity index (χ4n) is 3.77. The lowest BCUT2D eigenvalue weighted by Crippen LogP contribution is -2.38. The van der Waals surface area contributed by atoms with E-state index in [9.17, 15) is 0 Å². The second-order valence-electron chi connectivity index (χ2n) is 7.32. The van der Waals surface area contributed by atoms with Crippen LogP contribution in [0.5, 0.6) is 0 Å². The third-order valence-corrected chi connectivity index (χ3v) is 5.29. The Morgan fingerprint density at radius 3 is 2.87 bits per heavy atom. The fraction of sp³-hybridized carbons (Fsp3) is 0.391. The number of anilines is 1. The highest BCUT2D eigenvalue weighted by atomic mass is 16.5. The van der Waals surface area contributed by atoms with Crippen LogP contribution in [0.2, 0.25) is 0 Å². The minimum Gasteiger partial charge on any atom is -0.378 e. The van der Waals surface area contributed by atoms with Gasteiger partial charge in [0, 0.05) is 55.0 Å². The van der Waals surface area contributed by atoms with Crippen molar-refractivity contribution in [1.82, 2.24) is 20.6 Å². The van der Waals surface area contributed by atoms with Crippen molar-refractivity contribution in [2.24, 2.45) is 4.99 Å². The van der Waals surface area contributed by atoms with Crippen molar-refractivity contribution in [3.05, 3.63) is 59.9 Å². The predicted molar refractivity (Wildman–Crippen MR) is 122 cm³/mol. The van der Waals surface area contributed by atoms with Gasteiger partial charge in [0.2, 0.25) is 0 Å². The third kappa shape index (κ3) is 4.91. The third-order valence-electron chi connectivity index (χ3n) is 5.29. The van der Waals surface area contributed by atoms with Crippen LogP contribution in [0, 0.1) is 0 Å². The van der Waals surface area contributed by atoms with Gasteiger partial charge in [-0.15, -0.1) is 0 Å². The quantitative estimate of drug-likeness (QED) is 0.415. The number of H-pyrrole nitrogens is 1. The lowest BCUT2D eigenvalue weighted by molar-refractivity contribution is 0.122. The molecule has 2 aromatic heterocycles. The number of para-hydroxylation sites is 1. The first kappa shape index (κ1) is 20.2. The number of hydrogen-bond donors (Lipinski definition) is 3. The minimum absolute atomic E-state index is 0.586. The molecule has 1 aliphatic rings. The molecular formula is C23H30N6O. The van der Waals surface area contributed by atoms with Crippen molar-refractivity contribution in [3.63, 3.8) is 0 Å². The summed E-state index contributed by atoms with van der Waals surface area (Å²) in [6.45, 7) is 7.55. The number of aliphatic imine (C=N–C) groups is 1. The Balaban J connectivity index is 1.39. The predicted octanol–water partition coefficient (Wildman–Crippen LogP) is 2.70. The van der Waals surface area contributed by atoms with Gasteiger partial charge in [0.15, 0.2) is 5.96 Å². The van der Waals surface area contributed by atoms with Crippen molar-refractivity contribution in [2.75, 3.05) is 44.3 Å². The summed E-state index contributed by atoms with van der Waals surface area (Å²) in [7, 11) is 0. The topological polar surface area (TPSA) is 77.6 Å². The van der Waals surface area contributed by atoms with E-state index >= 15 is 0 Å². The van der Waals surface area contributed by atoms with E-state index in [2.05, 4.69) is 69.0 Å². The monoisotopic (exact) mass is 406 g/mol. The highest BCUT2D eigenvalue weighted by Gasteiger charge is 2.15. The number of rotatable bonds is 7. The van der Waals surface area contributed by atoms with E-state index in [1.165, 1.54) is 16.5 Å². The van der Waals surface area contributed by atoms with Crippen molar-refractivity contribution in [3.8, 4) is 0 Å². The standard InChI is InChI=1S/C23H30N6O/c1-2-24-23(26-11-9-18-16-27-21-8-4-3-7-20(18)21)28-17-19-6-5-10-25-22(19)29-12-14-30-15-13-29/h3-8,10,16,27H,2,9,11-15,17H2,1H3,(H2,24,26,28). The van der Waals surface area contributed by atoms with Crippen molar-refractivity contribution in [1.29, 1.82) is 0 Å². The minimum atomic E-state index is 0.586. The van der Waals surface area contributed by atoms with Gasteiger partial charge in [-0.1, -0.05) is 24.3 Å². The van der Waals surface area contributed by atoms with Crippen molar-refractivity contribution in [2.45, 2.75) is 19.9 Å². The Morgan fingerprint density at radius 2 is 2.00 bits per heavy atom. The van der Waals surface area contributed by atoms with Crippen LogP contribution in [0.4, 0.5) is 5.82 Å². The average Bonchev–Trinajstić information content (AvgIpc) is 3.21. The van der Waals surface area contributed by atoms with Crippen LogP contribution in [0.15, 0.2) is 53.8 Å². The summed E-state index contributed by atoms with van der Waals surface area (Å²) in [4.78, 5) is 15.0. The van der Waals surface area contributed by atoms with Crippen LogP contribution < -0.4 is 15.5 Å². The fourth-order valence-corrected chi connectivity index (χ4v) is 3.77. The van der Waals surface area contributed by atoms with Crippen molar-refractivity contribution < 1.29 is 4.74 Å². The molecule has 3 N–H and O–H groups in total. The molecule has 7 heteroatoms. The number of ether oxygens (including phenoxy) is 1. The number of aromatic nitrogens is 2. The molecule has 30 heavy (non-hydrogen) atoms. The molecule has 4 rings (SSSR count). The summed E-state index contributed by atoms with van der Waals surface area (Å²) >= 11 is 0. The Morgan fingerprint density at radius 1 is 1.13 bits per heavy atom. The second-order valence-corrected chi connectivity index (χ2v) is 7.32. The maximum absolute atomic E-state index is 5.47. The first-order chi connectivity index (χ1) is 14.8. The molecule has 0 amide bonds. The summed E-state index contributed by atoms with van der Waals surface area (Å²) in [6, 6.07) is 12.5. The zero-order valence-corrected chi connectivity index (χ0v) is 17.5. The van der Waals surface area contributed by atoms with E-state index in [4.69, 9.17) is 9.73 Å². The lowest BCUT2D eigenvalue weighted by atomic mass is 10.1.